The van der Waals surface area contributed by atoms with Gasteiger partial charge in [0.2, 0.25) is 0 Å². The van der Waals surface area contributed by atoms with E-state index in [4.69, 9.17) is 11.6 Å². The van der Waals surface area contributed by atoms with E-state index in [2.05, 4.69) is 20.7 Å². The van der Waals surface area contributed by atoms with E-state index in [1.807, 2.05) is 20.0 Å². The molecule has 4 rings (SSSR count). The highest BCUT2D eigenvalue weighted by molar-refractivity contribution is 7.20. The van der Waals surface area contributed by atoms with Gasteiger partial charge in [0.15, 0.2) is 0 Å². The first kappa shape index (κ1) is 19.1. The molecule has 0 aliphatic carbocycles. The fraction of sp³-hybridized carbons (Fsp3) is 0.100. The zero-order valence-corrected chi connectivity index (χ0v) is 17.1. The number of halogens is 1. The number of benzene rings is 1. The van der Waals surface area contributed by atoms with Gasteiger partial charge in [-0.25, -0.2) is 4.98 Å². The molecule has 0 aliphatic rings. The van der Waals surface area contributed by atoms with Crippen molar-refractivity contribution < 1.29 is 9.59 Å². The van der Waals surface area contributed by atoms with Crippen molar-refractivity contribution in [2.75, 3.05) is 10.6 Å². The Bertz CT molecular complexity index is 1200. The minimum Gasteiger partial charge on any atom is -0.321 e. The fourth-order valence-electron chi connectivity index (χ4n) is 2.92. The molecule has 3 heterocycles. The molecule has 0 unspecified atom stereocenters. The number of para-hydroxylation sites is 1. The SMILES string of the molecule is Cc1nn(C)c2sc(C(=O)Nc3ccccc3C(=O)Nc3ccc(Cl)cn3)cc12. The van der Waals surface area contributed by atoms with Crippen LogP contribution in [0, 0.1) is 6.92 Å². The largest absolute Gasteiger partial charge is 0.321 e. The number of carbonyl (C=O) groups excluding carboxylic acids is 2. The molecule has 0 spiro atoms. The molecule has 2 N–H and O–H groups in total. The number of pyridine rings is 1. The van der Waals surface area contributed by atoms with E-state index >= 15 is 0 Å². The van der Waals surface area contributed by atoms with Crippen LogP contribution in [0.4, 0.5) is 11.5 Å². The van der Waals surface area contributed by atoms with Crippen LogP contribution in [-0.4, -0.2) is 26.6 Å². The van der Waals surface area contributed by atoms with Crippen molar-refractivity contribution in [2.45, 2.75) is 6.92 Å². The minimum atomic E-state index is -0.382. The van der Waals surface area contributed by atoms with E-state index in [1.165, 1.54) is 17.5 Å². The second-order valence-corrected chi connectivity index (χ2v) is 7.82. The quantitative estimate of drug-likeness (QED) is 0.504. The average molecular weight is 426 g/mol. The molecule has 0 saturated heterocycles. The number of aromatic nitrogens is 3. The van der Waals surface area contributed by atoms with Crippen molar-refractivity contribution in [3.05, 3.63) is 69.8 Å². The zero-order chi connectivity index (χ0) is 20.5. The van der Waals surface area contributed by atoms with Crippen LogP contribution in [0.3, 0.4) is 0 Å². The molecule has 0 fully saturated rings. The number of hydrogen-bond acceptors (Lipinski definition) is 5. The van der Waals surface area contributed by atoms with Gasteiger partial charge in [-0.1, -0.05) is 23.7 Å². The van der Waals surface area contributed by atoms with Crippen molar-refractivity contribution in [3.63, 3.8) is 0 Å². The lowest BCUT2D eigenvalue weighted by Gasteiger charge is -2.10. The summed E-state index contributed by atoms with van der Waals surface area (Å²) < 4.78 is 1.76. The van der Waals surface area contributed by atoms with Gasteiger partial charge >= 0.3 is 0 Å². The molecule has 9 heteroatoms. The number of nitrogens with zero attached hydrogens (tertiary/aromatic N) is 3. The van der Waals surface area contributed by atoms with Crippen LogP contribution in [0.2, 0.25) is 5.02 Å². The summed E-state index contributed by atoms with van der Waals surface area (Å²) in [4.78, 5) is 31.0. The second kappa shape index (κ2) is 7.65. The topological polar surface area (TPSA) is 88.9 Å². The van der Waals surface area contributed by atoms with E-state index in [0.717, 1.165) is 15.9 Å². The Kier molecular flexibility index (Phi) is 5.04. The average Bonchev–Trinajstić information content (AvgIpc) is 3.26. The lowest BCUT2D eigenvalue weighted by molar-refractivity contribution is 0.102. The van der Waals surface area contributed by atoms with Crippen LogP contribution in [0.15, 0.2) is 48.7 Å². The van der Waals surface area contributed by atoms with E-state index in [1.54, 1.807) is 41.1 Å². The van der Waals surface area contributed by atoms with Crippen LogP contribution in [0.1, 0.15) is 25.7 Å². The van der Waals surface area contributed by atoms with Crippen LogP contribution in [0.5, 0.6) is 0 Å². The van der Waals surface area contributed by atoms with E-state index in [0.29, 0.717) is 27.0 Å². The Hall–Kier alpha value is -3.23. The molecule has 0 bridgehead atoms. The van der Waals surface area contributed by atoms with E-state index in [9.17, 15) is 9.59 Å². The highest BCUT2D eigenvalue weighted by atomic mass is 35.5. The molecule has 29 heavy (non-hydrogen) atoms. The van der Waals surface area contributed by atoms with Gasteiger partial charge < -0.3 is 10.6 Å². The van der Waals surface area contributed by atoms with Crippen molar-refractivity contribution >= 4 is 56.5 Å². The standard InChI is InChI=1S/C20H16ClN5O2S/c1-11-14-9-16(29-20(14)26(2)25-11)19(28)23-15-6-4-3-5-13(15)18(27)24-17-8-7-12(21)10-22-17/h3-10H,1-2H3,(H,23,28)(H,22,24,27). The summed E-state index contributed by atoms with van der Waals surface area (Å²) in [5.41, 5.74) is 1.61. The summed E-state index contributed by atoms with van der Waals surface area (Å²) in [5, 5.41) is 11.3. The Balaban J connectivity index is 1.57. The number of thiophene rings is 1. The molecule has 3 aromatic heterocycles. The maximum absolute atomic E-state index is 12.8. The third-order valence-electron chi connectivity index (χ3n) is 4.31. The molecular weight excluding hydrogens is 410 g/mol. The highest BCUT2D eigenvalue weighted by Gasteiger charge is 2.18. The number of amides is 2. The van der Waals surface area contributed by atoms with Crippen LogP contribution in [-0.2, 0) is 7.05 Å². The summed E-state index contributed by atoms with van der Waals surface area (Å²) in [5.74, 6) is -0.296. The van der Waals surface area contributed by atoms with Crippen LogP contribution < -0.4 is 10.6 Å². The Morgan fingerprint density at radius 3 is 2.62 bits per heavy atom. The molecule has 4 aromatic rings. The Labute approximate surface area is 175 Å². The van der Waals surface area contributed by atoms with Crippen LogP contribution in [0.25, 0.3) is 10.2 Å². The van der Waals surface area contributed by atoms with Gasteiger partial charge in [0.05, 0.1) is 26.8 Å². The third kappa shape index (κ3) is 3.85. The lowest BCUT2D eigenvalue weighted by Crippen LogP contribution is -2.18. The first-order valence-electron chi connectivity index (χ1n) is 8.69. The smallest absolute Gasteiger partial charge is 0.265 e. The molecule has 0 radical (unpaired) electrons. The molecule has 146 valence electrons. The van der Waals surface area contributed by atoms with Gasteiger partial charge in [-0.2, -0.15) is 5.10 Å². The normalized spacial score (nSPS) is 10.9. The summed E-state index contributed by atoms with van der Waals surface area (Å²) in [6, 6.07) is 11.9. The Morgan fingerprint density at radius 2 is 1.90 bits per heavy atom. The number of hydrogen-bond donors (Lipinski definition) is 2. The first-order chi connectivity index (χ1) is 13.9. The lowest BCUT2D eigenvalue weighted by atomic mass is 10.1. The number of nitrogens with one attached hydrogen (secondary N) is 2. The number of fused-ring (bicyclic) bond motifs is 1. The maximum Gasteiger partial charge on any atom is 0.265 e. The zero-order valence-electron chi connectivity index (χ0n) is 15.6. The van der Waals surface area contributed by atoms with Crippen LogP contribution >= 0.6 is 22.9 Å². The minimum absolute atomic E-state index is 0.282. The molecule has 0 atom stereocenters. The van der Waals surface area contributed by atoms with E-state index in [-0.39, 0.29) is 11.8 Å². The molecule has 1 aromatic carbocycles. The van der Waals surface area contributed by atoms with Crippen molar-refractivity contribution in [3.8, 4) is 0 Å². The molecule has 0 saturated carbocycles. The predicted octanol–water partition coefficient (Wildman–Crippen LogP) is 4.50. The first-order valence-corrected chi connectivity index (χ1v) is 9.88. The summed E-state index contributed by atoms with van der Waals surface area (Å²) >= 11 is 7.18. The number of rotatable bonds is 4. The van der Waals surface area contributed by atoms with Gasteiger partial charge in [0.1, 0.15) is 10.6 Å². The van der Waals surface area contributed by atoms with Gasteiger partial charge in [0, 0.05) is 18.6 Å². The van der Waals surface area contributed by atoms with Gasteiger partial charge in [0.25, 0.3) is 11.8 Å². The summed E-state index contributed by atoms with van der Waals surface area (Å²) in [7, 11) is 1.85. The van der Waals surface area contributed by atoms with Gasteiger partial charge in [-0.15, -0.1) is 11.3 Å². The fourth-order valence-corrected chi connectivity index (χ4v) is 4.05. The van der Waals surface area contributed by atoms with Gasteiger partial charge in [-0.3, -0.25) is 14.3 Å². The molecule has 2 amide bonds. The molecular formula is C20H16ClN5O2S. The van der Waals surface area contributed by atoms with Gasteiger partial charge in [-0.05, 0) is 37.3 Å². The number of anilines is 2. The second-order valence-electron chi connectivity index (χ2n) is 6.35. The van der Waals surface area contributed by atoms with Crippen molar-refractivity contribution in [1.82, 2.24) is 14.8 Å². The third-order valence-corrected chi connectivity index (χ3v) is 5.73. The van der Waals surface area contributed by atoms with E-state index < -0.39 is 0 Å². The Morgan fingerprint density at radius 1 is 1.10 bits per heavy atom. The molecule has 7 nitrogen and oxygen atoms in total. The number of aryl methyl sites for hydroxylation is 2. The summed E-state index contributed by atoms with van der Waals surface area (Å²) in [6.07, 6.45) is 1.45. The van der Waals surface area contributed by atoms with Crippen molar-refractivity contribution in [2.24, 2.45) is 7.05 Å². The predicted molar refractivity (Wildman–Crippen MR) is 115 cm³/mol. The monoisotopic (exact) mass is 425 g/mol. The highest BCUT2D eigenvalue weighted by Crippen LogP contribution is 2.28. The molecule has 0 aliphatic heterocycles. The number of carbonyl (C=O) groups is 2. The maximum atomic E-state index is 12.8. The summed E-state index contributed by atoms with van der Waals surface area (Å²) in [6.45, 7) is 1.90. The van der Waals surface area contributed by atoms with Crippen molar-refractivity contribution in [1.29, 1.82) is 0 Å².